The van der Waals surface area contributed by atoms with Crippen LogP contribution in [0.1, 0.15) is 152 Å². The predicted molar refractivity (Wildman–Crippen MR) is 145 cm³/mol. The van der Waals surface area contributed by atoms with E-state index >= 15 is 0 Å². The summed E-state index contributed by atoms with van der Waals surface area (Å²) in [6, 6.07) is 6.29. The van der Waals surface area contributed by atoms with Crippen molar-refractivity contribution in [2.75, 3.05) is 5.32 Å². The average molecular weight is 474 g/mol. The summed E-state index contributed by atoms with van der Waals surface area (Å²) in [5.74, 6) is -0.951. The van der Waals surface area contributed by atoms with Gasteiger partial charge in [-0.3, -0.25) is 4.79 Å². The first kappa shape index (κ1) is 30.2. The minimum absolute atomic E-state index is 0.00508. The zero-order valence-electron chi connectivity index (χ0n) is 21.9. The van der Waals surface area contributed by atoms with Crippen LogP contribution < -0.4 is 5.32 Å². The molecule has 194 valence electrons. The highest BCUT2D eigenvalue weighted by molar-refractivity contribution is 5.92. The van der Waals surface area contributed by atoms with E-state index in [0.29, 0.717) is 12.1 Å². The van der Waals surface area contributed by atoms with Crippen LogP contribution in [0.25, 0.3) is 0 Å². The van der Waals surface area contributed by atoms with Crippen LogP contribution in [0.5, 0.6) is 0 Å². The van der Waals surface area contributed by atoms with Gasteiger partial charge < -0.3 is 10.4 Å². The molecule has 1 rings (SSSR count). The topological polar surface area (TPSA) is 66.4 Å². The summed E-state index contributed by atoms with van der Waals surface area (Å²) in [6.45, 7) is 2.28. The highest BCUT2D eigenvalue weighted by atomic mass is 16.4. The third kappa shape index (κ3) is 17.6. The molecule has 0 unspecified atom stereocenters. The van der Waals surface area contributed by atoms with Gasteiger partial charge in [0.25, 0.3) is 0 Å². The van der Waals surface area contributed by atoms with Crippen molar-refractivity contribution in [3.8, 4) is 0 Å². The number of carbonyl (C=O) groups is 2. The number of hydrogen-bond acceptors (Lipinski definition) is 2. The number of carboxylic acid groups (broad SMARTS) is 1. The molecule has 34 heavy (non-hydrogen) atoms. The Labute approximate surface area is 209 Å². The number of aromatic carboxylic acids is 1. The standard InChI is InChI=1S/C30H51NO3/c1-2-3-4-5-6-7-8-9-10-11-12-13-14-15-16-17-18-19-20-21-22-29(32)31-28-25-23-27(24-26-28)30(33)34/h23-26H,2-22H2,1H3,(H,31,32)(H,33,34). The number of carboxylic acids is 1. The lowest BCUT2D eigenvalue weighted by Gasteiger charge is -2.06. The maximum atomic E-state index is 12.0. The lowest BCUT2D eigenvalue weighted by molar-refractivity contribution is -0.116. The fourth-order valence-electron chi connectivity index (χ4n) is 4.46. The van der Waals surface area contributed by atoms with Gasteiger partial charge in [0.2, 0.25) is 5.91 Å². The molecule has 0 saturated carbocycles. The van der Waals surface area contributed by atoms with Crippen molar-refractivity contribution in [2.24, 2.45) is 0 Å². The van der Waals surface area contributed by atoms with Crippen molar-refractivity contribution in [1.82, 2.24) is 0 Å². The van der Waals surface area contributed by atoms with Crippen LogP contribution >= 0.6 is 0 Å². The zero-order valence-corrected chi connectivity index (χ0v) is 21.9. The molecule has 1 aromatic rings. The zero-order chi connectivity index (χ0) is 24.7. The molecule has 4 heteroatoms. The Balaban J connectivity index is 1.79. The molecule has 0 saturated heterocycles. The van der Waals surface area contributed by atoms with Gasteiger partial charge in [0.15, 0.2) is 0 Å². The highest BCUT2D eigenvalue weighted by Gasteiger charge is 2.05. The number of benzene rings is 1. The first-order valence-corrected chi connectivity index (χ1v) is 14.3. The number of anilines is 1. The maximum Gasteiger partial charge on any atom is 0.335 e. The summed E-state index contributed by atoms with van der Waals surface area (Å²) >= 11 is 0. The van der Waals surface area contributed by atoms with E-state index in [1.807, 2.05) is 0 Å². The van der Waals surface area contributed by atoms with Gasteiger partial charge in [-0.15, -0.1) is 0 Å². The second-order valence-electron chi connectivity index (χ2n) is 9.90. The number of hydrogen-bond donors (Lipinski definition) is 2. The molecule has 0 spiro atoms. The van der Waals surface area contributed by atoms with Gasteiger partial charge >= 0.3 is 5.97 Å². The van der Waals surface area contributed by atoms with Gasteiger partial charge in [-0.2, -0.15) is 0 Å². The Morgan fingerprint density at radius 1 is 0.588 bits per heavy atom. The van der Waals surface area contributed by atoms with E-state index < -0.39 is 5.97 Å². The second-order valence-corrected chi connectivity index (χ2v) is 9.90. The van der Waals surface area contributed by atoms with Gasteiger partial charge in [0.1, 0.15) is 0 Å². The van der Waals surface area contributed by atoms with Crippen LogP contribution in [0, 0.1) is 0 Å². The normalized spacial score (nSPS) is 11.0. The number of amides is 1. The van der Waals surface area contributed by atoms with E-state index in [1.54, 1.807) is 12.1 Å². The van der Waals surface area contributed by atoms with E-state index in [4.69, 9.17) is 5.11 Å². The Morgan fingerprint density at radius 3 is 1.29 bits per heavy atom. The molecular formula is C30H51NO3. The van der Waals surface area contributed by atoms with Gasteiger partial charge in [-0.05, 0) is 30.7 Å². The summed E-state index contributed by atoms with van der Waals surface area (Å²) in [7, 11) is 0. The third-order valence-corrected chi connectivity index (χ3v) is 6.67. The first-order valence-electron chi connectivity index (χ1n) is 14.3. The Morgan fingerprint density at radius 2 is 0.941 bits per heavy atom. The number of nitrogens with one attached hydrogen (secondary N) is 1. The van der Waals surface area contributed by atoms with Crippen molar-refractivity contribution in [1.29, 1.82) is 0 Å². The molecule has 0 bridgehead atoms. The quantitative estimate of drug-likeness (QED) is 0.155. The minimum atomic E-state index is -0.956. The average Bonchev–Trinajstić information content (AvgIpc) is 2.83. The molecule has 4 nitrogen and oxygen atoms in total. The van der Waals surface area contributed by atoms with Crippen molar-refractivity contribution < 1.29 is 14.7 Å². The Bertz CT molecular complexity index is 626. The van der Waals surface area contributed by atoms with Crippen molar-refractivity contribution in [3.63, 3.8) is 0 Å². The Kier molecular flexibility index (Phi) is 19.2. The summed E-state index contributed by atoms with van der Waals surface area (Å²) in [5.41, 5.74) is 0.884. The smallest absolute Gasteiger partial charge is 0.335 e. The van der Waals surface area contributed by atoms with Crippen molar-refractivity contribution in [3.05, 3.63) is 29.8 Å². The van der Waals surface area contributed by atoms with E-state index in [1.165, 1.54) is 128 Å². The molecule has 0 aliphatic heterocycles. The van der Waals surface area contributed by atoms with E-state index in [2.05, 4.69) is 12.2 Å². The molecular weight excluding hydrogens is 422 g/mol. The third-order valence-electron chi connectivity index (χ3n) is 6.67. The first-order chi connectivity index (χ1) is 16.6. The van der Waals surface area contributed by atoms with Crippen LogP contribution in [0.4, 0.5) is 5.69 Å². The summed E-state index contributed by atoms with van der Waals surface area (Å²) < 4.78 is 0. The van der Waals surface area contributed by atoms with Crippen LogP contribution in [0.2, 0.25) is 0 Å². The fourth-order valence-corrected chi connectivity index (χ4v) is 4.46. The largest absolute Gasteiger partial charge is 0.478 e. The van der Waals surface area contributed by atoms with E-state index in [9.17, 15) is 9.59 Å². The predicted octanol–water partition coefficient (Wildman–Crippen LogP) is 9.54. The molecule has 0 aromatic heterocycles. The summed E-state index contributed by atoms with van der Waals surface area (Å²) in [5, 5.41) is 11.7. The monoisotopic (exact) mass is 473 g/mol. The van der Waals surface area contributed by atoms with Crippen LogP contribution in [-0.4, -0.2) is 17.0 Å². The Hall–Kier alpha value is -1.84. The van der Waals surface area contributed by atoms with E-state index in [0.717, 1.165) is 12.8 Å². The molecule has 0 aliphatic rings. The van der Waals surface area contributed by atoms with Crippen molar-refractivity contribution in [2.45, 2.75) is 142 Å². The van der Waals surface area contributed by atoms with E-state index in [-0.39, 0.29) is 11.5 Å². The molecule has 0 radical (unpaired) electrons. The number of rotatable bonds is 23. The van der Waals surface area contributed by atoms with Gasteiger partial charge in [-0.25, -0.2) is 4.79 Å². The van der Waals surface area contributed by atoms with Crippen molar-refractivity contribution >= 4 is 17.6 Å². The fraction of sp³-hybridized carbons (Fsp3) is 0.733. The lowest BCUT2D eigenvalue weighted by atomic mass is 10.0. The lowest BCUT2D eigenvalue weighted by Crippen LogP contribution is -2.11. The SMILES string of the molecule is CCCCCCCCCCCCCCCCCCCCCCC(=O)Nc1ccc(C(=O)O)cc1. The van der Waals surface area contributed by atoms with Gasteiger partial charge in [0, 0.05) is 12.1 Å². The van der Waals surface area contributed by atoms with Gasteiger partial charge in [-0.1, -0.05) is 129 Å². The summed E-state index contributed by atoms with van der Waals surface area (Å²) in [6.07, 6.45) is 27.6. The second kappa shape index (κ2) is 21.7. The van der Waals surface area contributed by atoms with Crippen LogP contribution in [0.3, 0.4) is 0 Å². The molecule has 1 amide bonds. The molecule has 0 heterocycles. The maximum absolute atomic E-state index is 12.0. The molecule has 1 aromatic carbocycles. The molecule has 0 atom stereocenters. The van der Waals surface area contributed by atoms with Gasteiger partial charge in [0.05, 0.1) is 5.56 Å². The van der Waals surface area contributed by atoms with Crippen LogP contribution in [-0.2, 0) is 4.79 Å². The molecule has 2 N–H and O–H groups in total. The number of unbranched alkanes of at least 4 members (excludes halogenated alkanes) is 19. The highest BCUT2D eigenvalue weighted by Crippen LogP contribution is 2.15. The number of carbonyl (C=O) groups excluding carboxylic acids is 1. The molecule has 0 aliphatic carbocycles. The minimum Gasteiger partial charge on any atom is -0.478 e. The molecule has 0 fully saturated rings. The summed E-state index contributed by atoms with van der Waals surface area (Å²) in [4.78, 5) is 22.8. The van der Waals surface area contributed by atoms with Crippen LogP contribution in [0.15, 0.2) is 24.3 Å².